The quantitative estimate of drug-likeness (QED) is 0.0596. The molecule has 0 rings (SSSR count). The van der Waals surface area contributed by atoms with E-state index in [0.717, 1.165) is 0 Å². The fourth-order valence-electron chi connectivity index (χ4n) is 3.23. The summed E-state index contributed by atoms with van der Waals surface area (Å²) in [6.45, 7) is 9.67. The SMILES string of the molecule is CC(C)[N+](CCO)(CCO)CCO.OCCN(CCO)CCO.OCCN(CCO)CCO.[O]=[Zr]([OH])[OH]. The Kier molecular flexibility index (Phi) is 40.8. The van der Waals surface area contributed by atoms with Crippen LogP contribution < -0.4 is 0 Å². The Morgan fingerprint density at radius 2 is 0.703 bits per heavy atom. The van der Waals surface area contributed by atoms with Gasteiger partial charge in [-0.15, -0.1) is 0 Å². The molecule has 0 unspecified atom stereocenters. The molecule has 37 heavy (non-hydrogen) atoms. The molecule has 0 aliphatic rings. The van der Waals surface area contributed by atoms with Crippen molar-refractivity contribution in [1.29, 1.82) is 0 Å². The van der Waals surface area contributed by atoms with Crippen LogP contribution in [0, 0.1) is 0 Å². The molecule has 228 valence electrons. The molecule has 16 heteroatoms. The summed E-state index contributed by atoms with van der Waals surface area (Å²) in [7, 11) is 0. The van der Waals surface area contributed by atoms with Gasteiger partial charge in [0, 0.05) is 39.3 Å². The minimum atomic E-state index is -3.79. The van der Waals surface area contributed by atoms with Crippen molar-refractivity contribution in [2.75, 3.05) is 118 Å². The van der Waals surface area contributed by atoms with Gasteiger partial charge in [-0.25, -0.2) is 0 Å². The second kappa shape index (κ2) is 34.2. The van der Waals surface area contributed by atoms with Crippen molar-refractivity contribution in [1.82, 2.24) is 9.80 Å². The van der Waals surface area contributed by atoms with Crippen LogP contribution in [0.4, 0.5) is 0 Å². The third kappa shape index (κ3) is 32.2. The molecule has 0 aromatic rings. The van der Waals surface area contributed by atoms with E-state index in [1.165, 1.54) is 0 Å². The van der Waals surface area contributed by atoms with Crippen LogP contribution in [0.25, 0.3) is 0 Å². The number of hydrogen-bond acceptors (Lipinski definition) is 12. The summed E-state index contributed by atoms with van der Waals surface area (Å²) in [6.07, 6.45) is 0. The zero-order chi connectivity index (χ0) is 29.5. The number of nitrogens with zero attached hydrogens (tertiary/aromatic N) is 3. The fourth-order valence-corrected chi connectivity index (χ4v) is 3.23. The second-order valence-corrected chi connectivity index (χ2v) is 9.35. The van der Waals surface area contributed by atoms with E-state index in [2.05, 4.69) is 0 Å². The molecule has 0 saturated heterocycles. The van der Waals surface area contributed by atoms with E-state index < -0.39 is 22.6 Å². The molecular weight excluding hydrogens is 577 g/mol. The predicted octanol–water partition coefficient (Wildman–Crippen LogP) is -5.52. The van der Waals surface area contributed by atoms with Crippen molar-refractivity contribution in [2.24, 2.45) is 0 Å². The maximum absolute atomic E-state index is 8.93. The molecule has 0 aliphatic carbocycles. The van der Waals surface area contributed by atoms with Gasteiger partial charge in [-0.1, -0.05) is 0 Å². The third-order valence-corrected chi connectivity index (χ3v) is 5.23. The van der Waals surface area contributed by atoms with Crippen molar-refractivity contribution >= 4 is 0 Å². The van der Waals surface area contributed by atoms with Gasteiger partial charge in [0.2, 0.25) is 0 Å². The Hall–Kier alpha value is 0.123. The maximum atomic E-state index is 8.93. The number of aliphatic hydroxyl groups excluding tert-OH is 9. The first kappa shape index (κ1) is 44.2. The van der Waals surface area contributed by atoms with Crippen molar-refractivity contribution in [3.63, 3.8) is 0 Å². The first-order chi connectivity index (χ1) is 17.5. The Morgan fingerprint density at radius 1 is 0.514 bits per heavy atom. The van der Waals surface area contributed by atoms with Crippen molar-refractivity contribution < 1.29 is 82.3 Å². The molecule has 0 aromatic carbocycles. The summed E-state index contributed by atoms with van der Waals surface area (Å²) >= 11 is -3.79. The van der Waals surface area contributed by atoms with E-state index in [-0.39, 0.29) is 59.5 Å². The molecule has 15 nitrogen and oxygen atoms in total. The zero-order valence-corrected chi connectivity index (χ0v) is 24.9. The Labute approximate surface area is 230 Å². The molecule has 0 atom stereocenters. The normalized spacial score (nSPS) is 10.9. The number of quaternary nitrogens is 1. The van der Waals surface area contributed by atoms with Crippen LogP contribution in [0.15, 0.2) is 0 Å². The van der Waals surface area contributed by atoms with E-state index in [1.54, 1.807) is 9.80 Å². The first-order valence-electron chi connectivity index (χ1n) is 12.3. The number of hydrogen-bond donors (Lipinski definition) is 11. The van der Waals surface area contributed by atoms with E-state index >= 15 is 0 Å². The predicted molar refractivity (Wildman–Crippen MR) is 132 cm³/mol. The average molecular weight is 632 g/mol. The summed E-state index contributed by atoms with van der Waals surface area (Å²) in [5, 5.41) is 77.7. The van der Waals surface area contributed by atoms with Crippen LogP contribution in [0.1, 0.15) is 13.8 Å². The molecule has 0 saturated carbocycles. The first-order valence-corrected chi connectivity index (χ1v) is 15.5. The summed E-state index contributed by atoms with van der Waals surface area (Å²) in [5.74, 6) is 0. The third-order valence-electron chi connectivity index (χ3n) is 5.23. The molecule has 0 amide bonds. The van der Waals surface area contributed by atoms with Crippen LogP contribution in [-0.4, -0.2) is 191 Å². The Bertz CT molecular complexity index is 389. The van der Waals surface area contributed by atoms with Gasteiger partial charge < -0.3 is 50.4 Å². The Balaban J connectivity index is -0.000000207. The van der Waals surface area contributed by atoms with Crippen molar-refractivity contribution in [3.05, 3.63) is 0 Å². The van der Waals surface area contributed by atoms with E-state index in [1.807, 2.05) is 13.8 Å². The van der Waals surface area contributed by atoms with E-state index in [0.29, 0.717) is 69.4 Å². The van der Waals surface area contributed by atoms with Gasteiger partial charge in [0.1, 0.15) is 19.6 Å². The van der Waals surface area contributed by atoms with Gasteiger partial charge in [0.25, 0.3) is 0 Å². The molecular formula is C21H54N3O12Zr+. The topological polar surface area (TPSA) is 246 Å². The summed E-state index contributed by atoms with van der Waals surface area (Å²) < 4.78 is 23.9. The summed E-state index contributed by atoms with van der Waals surface area (Å²) in [5.41, 5.74) is 0. The van der Waals surface area contributed by atoms with Gasteiger partial charge in [0.15, 0.2) is 0 Å². The minimum absolute atomic E-state index is 0.0694. The van der Waals surface area contributed by atoms with Gasteiger partial charge in [0.05, 0.1) is 65.5 Å². The average Bonchev–Trinajstić information content (AvgIpc) is 2.81. The van der Waals surface area contributed by atoms with Crippen molar-refractivity contribution in [2.45, 2.75) is 19.9 Å². The molecule has 0 fully saturated rings. The van der Waals surface area contributed by atoms with Crippen molar-refractivity contribution in [3.8, 4) is 0 Å². The van der Waals surface area contributed by atoms with E-state index in [9.17, 15) is 0 Å². The van der Waals surface area contributed by atoms with Crippen LogP contribution in [0.5, 0.6) is 0 Å². The Morgan fingerprint density at radius 3 is 0.811 bits per heavy atom. The van der Waals surface area contributed by atoms with Crippen LogP contribution in [-0.2, 0) is 25.4 Å². The molecule has 0 aromatic heterocycles. The second-order valence-electron chi connectivity index (χ2n) is 7.96. The fraction of sp³-hybridized carbons (Fsp3) is 1.00. The van der Waals surface area contributed by atoms with Gasteiger partial charge in [-0.2, -0.15) is 0 Å². The molecule has 0 radical (unpaired) electrons. The molecule has 0 bridgehead atoms. The summed E-state index contributed by atoms with van der Waals surface area (Å²) in [6, 6.07) is 0.312. The zero-order valence-electron chi connectivity index (χ0n) is 22.5. The number of aliphatic hydroxyl groups is 9. The molecule has 0 spiro atoms. The molecule has 0 aliphatic heterocycles. The van der Waals surface area contributed by atoms with Crippen LogP contribution in [0.3, 0.4) is 0 Å². The van der Waals surface area contributed by atoms with Crippen LogP contribution >= 0.6 is 0 Å². The van der Waals surface area contributed by atoms with E-state index in [4.69, 9.17) is 55.1 Å². The van der Waals surface area contributed by atoms with Gasteiger partial charge in [-0.05, 0) is 13.8 Å². The monoisotopic (exact) mass is 630 g/mol. The van der Waals surface area contributed by atoms with Gasteiger partial charge >= 0.3 is 31.8 Å². The van der Waals surface area contributed by atoms with Gasteiger partial charge in [-0.3, -0.25) is 9.80 Å². The summed E-state index contributed by atoms with van der Waals surface area (Å²) in [4.78, 5) is 3.58. The molecule has 0 heterocycles. The molecule has 11 N–H and O–H groups in total. The van der Waals surface area contributed by atoms with Crippen LogP contribution in [0.2, 0.25) is 0 Å². The number of rotatable bonds is 19. The standard InChI is InChI=1S/C9H22NO3.2C6H15NO3.2H2O.O.Zr/c1-9(2)10(3-6-11,4-7-12)5-8-13;2*8-4-1-7(2-5-9)3-6-10;;;;/h9,11-13H,3-8H2,1-2H3;2*8-10H,1-6H2;2*1H2;;/q+1;;;;;;+2/p-2.